The van der Waals surface area contributed by atoms with Gasteiger partial charge in [0.15, 0.2) is 5.82 Å². The van der Waals surface area contributed by atoms with E-state index in [9.17, 15) is 4.79 Å². The number of aromatic nitrogens is 5. The van der Waals surface area contributed by atoms with Gasteiger partial charge in [0, 0.05) is 37.3 Å². The summed E-state index contributed by atoms with van der Waals surface area (Å²) in [5.74, 6) is 0.931. The predicted molar refractivity (Wildman–Crippen MR) is 113 cm³/mol. The van der Waals surface area contributed by atoms with Gasteiger partial charge in [-0.1, -0.05) is 6.07 Å². The van der Waals surface area contributed by atoms with E-state index < -0.39 is 6.09 Å². The number of piperidine rings is 1. The lowest BCUT2D eigenvalue weighted by Gasteiger charge is -2.30. The lowest BCUT2D eigenvalue weighted by Crippen LogP contribution is -2.36. The van der Waals surface area contributed by atoms with Gasteiger partial charge in [-0.25, -0.2) is 9.78 Å². The lowest BCUT2D eigenvalue weighted by atomic mass is 9.89. The molecular formula is C22H22N6O2. The summed E-state index contributed by atoms with van der Waals surface area (Å²) in [5.41, 5.74) is 5.71. The summed E-state index contributed by atoms with van der Waals surface area (Å²) < 4.78 is 1.81. The number of fused-ring (bicyclic) bond motifs is 2. The Morgan fingerprint density at radius 1 is 1.10 bits per heavy atom. The van der Waals surface area contributed by atoms with Crippen LogP contribution in [0.25, 0.3) is 33.3 Å². The predicted octanol–water partition coefficient (Wildman–Crippen LogP) is 3.74. The van der Waals surface area contributed by atoms with Gasteiger partial charge in [-0.15, -0.1) is 10.2 Å². The fraction of sp³-hybridized carbons (Fsp3) is 0.318. The molecular weight excluding hydrogens is 380 g/mol. The number of hydrogen-bond acceptors (Lipinski definition) is 5. The monoisotopic (exact) mass is 402 g/mol. The van der Waals surface area contributed by atoms with E-state index in [4.69, 9.17) is 10.1 Å². The van der Waals surface area contributed by atoms with Crippen LogP contribution in [0.3, 0.4) is 0 Å². The number of rotatable bonds is 2. The van der Waals surface area contributed by atoms with Crippen LogP contribution in [0.15, 0.2) is 36.5 Å². The van der Waals surface area contributed by atoms with Gasteiger partial charge in [-0.2, -0.15) is 5.10 Å². The van der Waals surface area contributed by atoms with Crippen LogP contribution in [0, 0.1) is 6.92 Å². The van der Waals surface area contributed by atoms with Crippen molar-refractivity contribution in [2.24, 2.45) is 7.05 Å². The van der Waals surface area contributed by atoms with Crippen molar-refractivity contribution in [3.05, 3.63) is 47.7 Å². The molecule has 1 fully saturated rings. The molecule has 2 aromatic carbocycles. The van der Waals surface area contributed by atoms with Gasteiger partial charge in [-0.3, -0.25) is 4.68 Å². The molecule has 1 aliphatic rings. The average Bonchev–Trinajstić information content (AvgIpc) is 3.14. The molecule has 0 saturated carbocycles. The van der Waals surface area contributed by atoms with Gasteiger partial charge in [0.1, 0.15) is 5.52 Å². The zero-order valence-electron chi connectivity index (χ0n) is 16.9. The van der Waals surface area contributed by atoms with Crippen LogP contribution in [0.4, 0.5) is 4.79 Å². The fourth-order valence-corrected chi connectivity index (χ4v) is 4.29. The number of carbonyl (C=O) groups is 1. The van der Waals surface area contributed by atoms with E-state index in [0.717, 1.165) is 45.9 Å². The first-order valence-electron chi connectivity index (χ1n) is 10.0. The van der Waals surface area contributed by atoms with E-state index in [1.54, 1.807) is 0 Å². The van der Waals surface area contributed by atoms with Crippen LogP contribution in [-0.4, -0.2) is 54.2 Å². The largest absolute Gasteiger partial charge is 0.465 e. The zero-order valence-corrected chi connectivity index (χ0v) is 16.9. The minimum atomic E-state index is -0.839. The molecule has 1 N–H and O–H groups in total. The van der Waals surface area contributed by atoms with Gasteiger partial charge in [-0.05, 0) is 61.1 Å². The third-order valence-electron chi connectivity index (χ3n) is 5.89. The highest BCUT2D eigenvalue weighted by molar-refractivity contribution is 5.86. The third-order valence-corrected chi connectivity index (χ3v) is 5.89. The lowest BCUT2D eigenvalue weighted by molar-refractivity contribution is 0.132. The second-order valence-corrected chi connectivity index (χ2v) is 7.96. The van der Waals surface area contributed by atoms with Crippen molar-refractivity contribution >= 4 is 28.0 Å². The molecule has 0 unspecified atom stereocenters. The number of nitrogens with zero attached hydrogens (tertiary/aromatic N) is 6. The summed E-state index contributed by atoms with van der Waals surface area (Å²) in [6.07, 6.45) is 2.79. The quantitative estimate of drug-likeness (QED) is 0.549. The standard InChI is InChI=1S/C22H22N6O2/c1-13-9-16(10-17-12-27(2)26-20(13)17)21-23-18-4-3-15(11-19(18)24-25-21)14-5-7-28(8-6-14)22(29)30/h3-4,9-12,14H,5-8H2,1-2H3,(H,29,30). The molecule has 3 heterocycles. The Morgan fingerprint density at radius 2 is 1.90 bits per heavy atom. The highest BCUT2D eigenvalue weighted by atomic mass is 16.4. The Labute approximate surface area is 173 Å². The molecule has 8 nitrogen and oxygen atoms in total. The summed E-state index contributed by atoms with van der Waals surface area (Å²) in [7, 11) is 1.91. The second kappa shape index (κ2) is 7.05. The minimum absolute atomic E-state index is 0.335. The normalized spacial score (nSPS) is 15.2. The van der Waals surface area contributed by atoms with Gasteiger partial charge < -0.3 is 10.0 Å². The first-order chi connectivity index (χ1) is 14.5. The van der Waals surface area contributed by atoms with E-state index in [-0.39, 0.29) is 0 Å². The molecule has 8 heteroatoms. The SMILES string of the molecule is Cc1cc(-c2nnc3cc(C4CCN(C(=O)O)CC4)ccc3n2)cc2cn(C)nc12. The van der Waals surface area contributed by atoms with Crippen LogP contribution in [0.2, 0.25) is 0 Å². The molecule has 0 bridgehead atoms. The van der Waals surface area contributed by atoms with E-state index in [2.05, 4.69) is 21.4 Å². The maximum Gasteiger partial charge on any atom is 0.407 e. The Hall–Kier alpha value is -3.55. The van der Waals surface area contributed by atoms with Crippen molar-refractivity contribution in [2.45, 2.75) is 25.7 Å². The average molecular weight is 402 g/mol. The summed E-state index contributed by atoms with van der Waals surface area (Å²) in [4.78, 5) is 17.3. The molecule has 0 atom stereocenters. The Bertz CT molecular complexity index is 1270. The number of carboxylic acid groups (broad SMARTS) is 1. The molecule has 30 heavy (non-hydrogen) atoms. The Kier molecular flexibility index (Phi) is 4.34. The van der Waals surface area contributed by atoms with Gasteiger partial charge in [0.2, 0.25) is 0 Å². The molecule has 1 saturated heterocycles. The van der Waals surface area contributed by atoms with Crippen molar-refractivity contribution in [3.8, 4) is 11.4 Å². The van der Waals surface area contributed by atoms with Crippen LogP contribution >= 0.6 is 0 Å². The van der Waals surface area contributed by atoms with E-state index in [1.807, 2.05) is 49.1 Å². The van der Waals surface area contributed by atoms with Gasteiger partial charge in [0.25, 0.3) is 0 Å². The van der Waals surface area contributed by atoms with Crippen molar-refractivity contribution in [3.63, 3.8) is 0 Å². The summed E-state index contributed by atoms with van der Waals surface area (Å²) >= 11 is 0. The van der Waals surface area contributed by atoms with Crippen molar-refractivity contribution in [1.82, 2.24) is 29.9 Å². The van der Waals surface area contributed by atoms with Crippen LogP contribution in [0.5, 0.6) is 0 Å². The Balaban J connectivity index is 1.45. The van der Waals surface area contributed by atoms with Crippen LogP contribution in [0.1, 0.15) is 29.9 Å². The summed E-state index contributed by atoms with van der Waals surface area (Å²) in [5, 5.41) is 23.5. The number of amides is 1. The molecule has 4 aromatic rings. The minimum Gasteiger partial charge on any atom is -0.465 e. The molecule has 152 valence electrons. The van der Waals surface area contributed by atoms with Crippen molar-refractivity contribution in [2.75, 3.05) is 13.1 Å². The highest BCUT2D eigenvalue weighted by Gasteiger charge is 2.23. The van der Waals surface area contributed by atoms with Crippen molar-refractivity contribution in [1.29, 1.82) is 0 Å². The Morgan fingerprint density at radius 3 is 2.67 bits per heavy atom. The second-order valence-electron chi connectivity index (χ2n) is 7.96. The topological polar surface area (TPSA) is 97.0 Å². The smallest absolute Gasteiger partial charge is 0.407 e. The number of hydrogen-bond donors (Lipinski definition) is 1. The number of benzene rings is 2. The first-order valence-corrected chi connectivity index (χ1v) is 10.0. The van der Waals surface area contributed by atoms with Crippen molar-refractivity contribution < 1.29 is 9.90 Å². The zero-order chi connectivity index (χ0) is 20.8. The van der Waals surface area contributed by atoms with Crippen LogP contribution in [-0.2, 0) is 7.05 Å². The molecule has 1 amide bonds. The summed E-state index contributed by atoms with van der Waals surface area (Å²) in [6.45, 7) is 3.17. The molecule has 5 rings (SSSR count). The van der Waals surface area contributed by atoms with E-state index in [0.29, 0.717) is 24.8 Å². The highest BCUT2D eigenvalue weighted by Crippen LogP contribution is 2.30. The van der Waals surface area contributed by atoms with Gasteiger partial charge >= 0.3 is 6.09 Å². The fourth-order valence-electron chi connectivity index (χ4n) is 4.29. The first kappa shape index (κ1) is 18.5. The maximum absolute atomic E-state index is 11.1. The number of likely N-dealkylation sites (tertiary alicyclic amines) is 1. The molecule has 0 radical (unpaired) electrons. The third kappa shape index (κ3) is 3.24. The molecule has 2 aromatic heterocycles. The summed E-state index contributed by atoms with van der Waals surface area (Å²) in [6, 6.07) is 10.2. The van der Waals surface area contributed by atoms with Gasteiger partial charge in [0.05, 0.1) is 11.0 Å². The number of aryl methyl sites for hydroxylation is 2. The maximum atomic E-state index is 11.1. The van der Waals surface area contributed by atoms with E-state index >= 15 is 0 Å². The molecule has 0 aliphatic carbocycles. The van der Waals surface area contributed by atoms with Crippen LogP contribution < -0.4 is 0 Å². The molecule has 0 spiro atoms. The van der Waals surface area contributed by atoms with E-state index in [1.165, 1.54) is 10.5 Å². The molecule has 1 aliphatic heterocycles.